The molecule has 0 aliphatic carbocycles. The third kappa shape index (κ3) is 7.72. The molecule has 2 aliphatic rings. The van der Waals surface area contributed by atoms with E-state index in [4.69, 9.17) is 9.47 Å². The van der Waals surface area contributed by atoms with Crippen molar-refractivity contribution in [3.8, 4) is 0 Å². The van der Waals surface area contributed by atoms with Gasteiger partial charge in [-0.3, -0.25) is 9.59 Å². The highest BCUT2D eigenvalue weighted by Crippen LogP contribution is 2.43. The number of hydrogen-bond donors (Lipinski definition) is 3. The number of amides is 2. The van der Waals surface area contributed by atoms with Crippen molar-refractivity contribution >= 4 is 35.2 Å². The Morgan fingerprint density at radius 2 is 1.72 bits per heavy atom. The quantitative estimate of drug-likeness (QED) is 0.241. The monoisotopic (exact) mass is 658 g/mol. The van der Waals surface area contributed by atoms with Crippen LogP contribution in [0.2, 0.25) is 0 Å². The van der Waals surface area contributed by atoms with Crippen molar-refractivity contribution in [3.63, 3.8) is 0 Å². The molecule has 244 valence electrons. The number of carbonyl (C=O) groups is 3. The molecular formula is C33H33F3N2O7S. The number of thioether (sulfide) groups is 1. The van der Waals surface area contributed by atoms with Crippen molar-refractivity contribution in [2.75, 3.05) is 17.6 Å². The van der Waals surface area contributed by atoms with Gasteiger partial charge in [-0.15, -0.1) is 11.8 Å². The zero-order valence-corrected chi connectivity index (χ0v) is 25.6. The first-order valence-corrected chi connectivity index (χ1v) is 15.7. The summed E-state index contributed by atoms with van der Waals surface area (Å²) in [5.41, 5.74) is 2.69. The molecule has 0 saturated carbocycles. The number of nitrogens with one attached hydrogen (secondary N) is 1. The highest BCUT2D eigenvalue weighted by atomic mass is 32.2. The van der Waals surface area contributed by atoms with E-state index in [1.807, 2.05) is 31.2 Å². The maximum atomic E-state index is 13.1. The second-order valence-corrected chi connectivity index (χ2v) is 12.3. The first-order valence-electron chi connectivity index (χ1n) is 14.7. The highest BCUT2D eigenvalue weighted by Gasteiger charge is 2.47. The topological polar surface area (TPSA) is 125 Å². The third-order valence-corrected chi connectivity index (χ3v) is 9.22. The van der Waals surface area contributed by atoms with Crippen molar-refractivity contribution in [1.29, 1.82) is 0 Å². The van der Waals surface area contributed by atoms with Crippen molar-refractivity contribution in [2.24, 2.45) is 5.92 Å². The first-order chi connectivity index (χ1) is 21.9. The maximum Gasteiger partial charge on any atom is 0.471 e. The van der Waals surface area contributed by atoms with E-state index in [2.05, 4.69) is 5.32 Å². The van der Waals surface area contributed by atoms with Gasteiger partial charge in [0.05, 0.1) is 24.4 Å². The lowest BCUT2D eigenvalue weighted by Crippen LogP contribution is -2.48. The van der Waals surface area contributed by atoms with Crippen LogP contribution in [0.5, 0.6) is 0 Å². The molecule has 13 heteroatoms. The smallest absolute Gasteiger partial charge is 0.471 e. The van der Waals surface area contributed by atoms with Gasteiger partial charge in [0, 0.05) is 34.4 Å². The van der Waals surface area contributed by atoms with Gasteiger partial charge in [-0.1, -0.05) is 43.3 Å². The van der Waals surface area contributed by atoms with Crippen LogP contribution in [-0.4, -0.2) is 63.5 Å². The number of carbonyl (C=O) groups excluding carboxylic acids is 2. The zero-order valence-electron chi connectivity index (χ0n) is 24.8. The lowest BCUT2D eigenvalue weighted by atomic mass is 9.91. The Balaban J connectivity index is 1.35. The first kappa shape index (κ1) is 33.5. The van der Waals surface area contributed by atoms with Gasteiger partial charge < -0.3 is 29.9 Å². The van der Waals surface area contributed by atoms with Crippen LogP contribution in [0.4, 0.5) is 18.9 Å². The van der Waals surface area contributed by atoms with E-state index in [1.54, 1.807) is 36.4 Å². The number of ether oxygens (including phenoxy) is 2. The van der Waals surface area contributed by atoms with Gasteiger partial charge in [0.2, 0.25) is 5.91 Å². The van der Waals surface area contributed by atoms with Gasteiger partial charge in [0.25, 0.3) is 0 Å². The molecule has 3 N–H and O–H groups in total. The van der Waals surface area contributed by atoms with Gasteiger partial charge in [-0.05, 0) is 60.4 Å². The summed E-state index contributed by atoms with van der Waals surface area (Å²) in [6.45, 7) is 1.75. The normalized spacial score (nSPS) is 23.2. The molecule has 2 fully saturated rings. The number of aliphatic hydroxyl groups is 1. The summed E-state index contributed by atoms with van der Waals surface area (Å²) < 4.78 is 52.2. The van der Waals surface area contributed by atoms with E-state index in [-0.39, 0.29) is 43.6 Å². The molecule has 2 heterocycles. The Kier molecular flexibility index (Phi) is 10.4. The number of aromatic carboxylic acids is 1. The number of benzene rings is 3. The number of carboxylic acid groups (broad SMARTS) is 1. The van der Waals surface area contributed by atoms with Gasteiger partial charge in [-0.25, -0.2) is 4.79 Å². The van der Waals surface area contributed by atoms with Crippen LogP contribution < -0.4 is 5.32 Å². The van der Waals surface area contributed by atoms with E-state index in [1.165, 1.54) is 23.9 Å². The summed E-state index contributed by atoms with van der Waals surface area (Å²) >= 11 is 1.51. The molecule has 46 heavy (non-hydrogen) atoms. The fourth-order valence-electron chi connectivity index (χ4n) is 5.62. The maximum absolute atomic E-state index is 13.1. The molecule has 0 radical (unpaired) electrons. The second-order valence-electron chi connectivity index (χ2n) is 11.2. The minimum Gasteiger partial charge on any atom is -0.478 e. The number of rotatable bonds is 9. The summed E-state index contributed by atoms with van der Waals surface area (Å²) in [4.78, 5) is 37.6. The van der Waals surface area contributed by atoms with Crippen LogP contribution in [0.3, 0.4) is 0 Å². The highest BCUT2D eigenvalue weighted by molar-refractivity contribution is 7.99. The van der Waals surface area contributed by atoms with Gasteiger partial charge in [-0.2, -0.15) is 13.2 Å². The molecule has 0 aromatic heterocycles. The van der Waals surface area contributed by atoms with E-state index < -0.39 is 42.4 Å². The average molecular weight is 659 g/mol. The number of aliphatic hydroxyl groups excluding tert-OH is 1. The number of anilines is 1. The van der Waals surface area contributed by atoms with Crippen LogP contribution >= 0.6 is 11.8 Å². The van der Waals surface area contributed by atoms with Crippen LogP contribution in [0.25, 0.3) is 0 Å². The second kappa shape index (κ2) is 14.2. The molecule has 0 unspecified atom stereocenters. The largest absolute Gasteiger partial charge is 0.478 e. The van der Waals surface area contributed by atoms with E-state index in [0.717, 1.165) is 16.0 Å². The molecule has 2 saturated heterocycles. The minimum atomic E-state index is -5.07. The third-order valence-electron chi connectivity index (χ3n) is 8.12. The van der Waals surface area contributed by atoms with Gasteiger partial charge in [0.15, 0.2) is 6.29 Å². The lowest BCUT2D eigenvalue weighted by Gasteiger charge is -2.41. The van der Waals surface area contributed by atoms with Crippen molar-refractivity contribution in [1.82, 2.24) is 4.90 Å². The molecule has 2 aliphatic heterocycles. The predicted octanol–water partition coefficient (Wildman–Crippen LogP) is 5.95. The molecule has 3 aromatic carbocycles. The molecule has 0 bridgehead atoms. The Morgan fingerprint density at radius 3 is 2.37 bits per heavy atom. The van der Waals surface area contributed by atoms with Crippen molar-refractivity contribution in [3.05, 3.63) is 95.1 Å². The van der Waals surface area contributed by atoms with Crippen molar-refractivity contribution in [2.45, 2.75) is 62.0 Å². The number of nitrogens with zero attached hydrogens (tertiary/aromatic N) is 1. The van der Waals surface area contributed by atoms with Crippen LogP contribution in [0.1, 0.15) is 59.2 Å². The van der Waals surface area contributed by atoms with Gasteiger partial charge in [0.1, 0.15) is 6.04 Å². The van der Waals surface area contributed by atoms with Gasteiger partial charge >= 0.3 is 18.1 Å². The molecule has 3 aromatic rings. The number of hydrogen-bond acceptors (Lipinski definition) is 7. The van der Waals surface area contributed by atoms with Crippen LogP contribution in [0, 0.1) is 5.92 Å². The number of carboxylic acids is 1. The molecule has 5 rings (SSSR count). The lowest BCUT2D eigenvalue weighted by molar-refractivity contribution is -0.268. The molecule has 5 atom stereocenters. The minimum absolute atomic E-state index is 0.103. The Bertz CT molecular complexity index is 1550. The Morgan fingerprint density at radius 1 is 1.00 bits per heavy atom. The fourth-order valence-corrected chi connectivity index (χ4v) is 6.68. The summed E-state index contributed by atoms with van der Waals surface area (Å²) in [6.07, 6.45) is -6.28. The number of likely N-dealkylation sites (tertiary alicyclic amines) is 1. The standard InChI is InChI=1S/C33H33F3N2O7S/c1-19-27(18-46-25-13-11-22(12-14-25)30(41)42)44-31(45-28(19)21-9-7-20(17-39)8-10-21)23-4-2-5-24(16-23)37-29(40)26-6-3-15-38(26)32(43)33(34,35)36/h2,4-5,7-14,16,19,26-28,31,39H,3,6,15,17-18H2,1H3,(H,37,40)(H,41,42)/t19-,26+,27+,28+,31+/m1/s1. The molecule has 2 amide bonds. The summed E-state index contributed by atoms with van der Waals surface area (Å²) in [6, 6.07) is 19.4. The van der Waals surface area contributed by atoms with E-state index in [9.17, 15) is 37.8 Å². The van der Waals surface area contributed by atoms with Crippen LogP contribution in [-0.2, 0) is 25.7 Å². The average Bonchev–Trinajstić information content (AvgIpc) is 3.54. The predicted molar refractivity (Wildman–Crippen MR) is 163 cm³/mol. The molecule has 9 nitrogen and oxygen atoms in total. The molecular weight excluding hydrogens is 625 g/mol. The van der Waals surface area contributed by atoms with Crippen LogP contribution in [0.15, 0.2) is 77.7 Å². The summed E-state index contributed by atoms with van der Waals surface area (Å²) in [5, 5.41) is 21.4. The Hall–Kier alpha value is -3.91. The number of halogens is 3. The SMILES string of the molecule is C[C@@H]1[C@H](CSc2ccc(C(=O)O)cc2)O[C@H](c2cccc(NC(=O)[C@@H]3CCCN3C(=O)C(F)(F)F)c2)O[C@@H]1c1ccc(CO)cc1. The van der Waals surface area contributed by atoms with E-state index >= 15 is 0 Å². The Labute approximate surface area is 267 Å². The summed E-state index contributed by atoms with van der Waals surface area (Å²) in [5.74, 6) is -3.36. The zero-order chi connectivity index (χ0) is 33.0. The fraction of sp³-hybridized carbons (Fsp3) is 0.364. The number of alkyl halides is 3. The summed E-state index contributed by atoms with van der Waals surface area (Å²) in [7, 11) is 0. The van der Waals surface area contributed by atoms with E-state index in [0.29, 0.717) is 21.9 Å². The van der Waals surface area contributed by atoms with Crippen molar-refractivity contribution < 1.29 is 47.2 Å². The molecule has 0 spiro atoms.